The zero-order chi connectivity index (χ0) is 66.9. The van der Waals surface area contributed by atoms with Gasteiger partial charge in [0.2, 0.25) is 0 Å². The van der Waals surface area contributed by atoms with Crippen molar-refractivity contribution >= 4 is 114 Å². The molecule has 10 heteroatoms. The Kier molecular flexibility index (Phi) is 10.1. The summed E-state index contributed by atoms with van der Waals surface area (Å²) in [5.74, 6) is 1.86. The summed E-state index contributed by atoms with van der Waals surface area (Å²) in [6.07, 6.45) is 0. The Labute approximate surface area is 580 Å². The van der Waals surface area contributed by atoms with Crippen molar-refractivity contribution in [3.63, 3.8) is 0 Å². The molecule has 0 radical (unpaired) electrons. The van der Waals surface area contributed by atoms with E-state index in [1.807, 2.05) is 0 Å². The van der Waals surface area contributed by atoms with Crippen LogP contribution in [0.2, 0.25) is 0 Å². The molecule has 8 nitrogen and oxygen atoms in total. The molecule has 4 aliphatic carbocycles. The van der Waals surface area contributed by atoms with E-state index < -0.39 is 35.9 Å². The summed E-state index contributed by atoms with van der Waals surface area (Å²) < 4.78 is 56.9. The second kappa shape index (κ2) is 17.9. The average Bonchev–Trinajstić information content (AvgIpc) is 0.981. The molecule has 13 aromatic carbocycles. The van der Waals surface area contributed by atoms with Gasteiger partial charge in [-0.05, 0) is 162 Å². The van der Waals surface area contributed by atoms with Crippen molar-refractivity contribution in [1.29, 1.82) is 0 Å². The molecule has 0 N–H and O–H groups in total. The second-order valence-corrected chi connectivity index (χ2v) is 36.0. The molecular formula is C90H64N4O4P2. The minimum Gasteiger partial charge on any atom is -0.453 e. The molecule has 0 amide bonds. The van der Waals surface area contributed by atoms with E-state index in [0.717, 1.165) is 134 Å². The average molecular weight is 1330 g/mol. The summed E-state index contributed by atoms with van der Waals surface area (Å²) in [6, 6.07) is 87.2. The van der Waals surface area contributed by atoms with Crippen LogP contribution in [0, 0.1) is 0 Å². The lowest BCUT2D eigenvalue weighted by atomic mass is 9.79. The fraction of sp³-hybridized carbons (Fsp3) is 0.133. The summed E-state index contributed by atoms with van der Waals surface area (Å²) in [4.78, 5) is 9.67. The molecule has 0 fully saturated rings. The molecule has 2 atom stereocenters. The normalized spacial score (nSPS) is 19.8. The lowest BCUT2D eigenvalue weighted by Gasteiger charge is -2.53. The van der Waals surface area contributed by atoms with E-state index >= 15 is 9.13 Å². The van der Waals surface area contributed by atoms with Gasteiger partial charge in [0.1, 0.15) is 22.9 Å². The Hall–Kier alpha value is -10.9. The third-order valence-electron chi connectivity index (χ3n) is 24.6. The van der Waals surface area contributed by atoms with E-state index in [-0.39, 0.29) is 0 Å². The van der Waals surface area contributed by atoms with Gasteiger partial charge < -0.3 is 38.2 Å². The predicted molar refractivity (Wildman–Crippen MR) is 409 cm³/mol. The maximum absolute atomic E-state index is 20.1. The van der Waals surface area contributed by atoms with Gasteiger partial charge in [-0.3, -0.25) is 0 Å². The first-order valence-corrected chi connectivity index (χ1v) is 38.4. The third kappa shape index (κ3) is 6.11. The summed E-state index contributed by atoms with van der Waals surface area (Å²) in [5.41, 5.74) is 25.4. The van der Waals surface area contributed by atoms with Crippen molar-refractivity contribution in [2.75, 3.05) is 19.6 Å². The highest BCUT2D eigenvalue weighted by molar-refractivity contribution is 7.88. The van der Waals surface area contributed by atoms with Crippen molar-refractivity contribution in [3.05, 3.63) is 287 Å². The number of nitrogens with zero attached hydrogens (tertiary/aromatic N) is 4. The Morgan fingerprint density at radius 2 is 0.510 bits per heavy atom. The molecule has 0 spiro atoms. The zero-order valence-electron chi connectivity index (χ0n) is 56.4. The fourth-order valence-electron chi connectivity index (χ4n) is 20.7. The smallest absolute Gasteiger partial charge is 0.186 e. The van der Waals surface area contributed by atoms with Gasteiger partial charge in [0, 0.05) is 44.4 Å². The first kappa shape index (κ1) is 56.0. The molecule has 23 rings (SSSR count). The van der Waals surface area contributed by atoms with E-state index in [1.54, 1.807) is 0 Å². The molecule has 0 aromatic heterocycles. The lowest BCUT2D eigenvalue weighted by molar-refractivity contribution is 0.474. The largest absolute Gasteiger partial charge is 0.453 e. The van der Waals surface area contributed by atoms with Gasteiger partial charge in [0.25, 0.3) is 0 Å². The summed E-state index contributed by atoms with van der Waals surface area (Å²) in [6.45, 7) is 18.8. The number of ether oxygens (including phenoxy) is 2. The topological polar surface area (TPSA) is 65.6 Å². The second-order valence-electron chi connectivity index (χ2n) is 30.9. The van der Waals surface area contributed by atoms with Crippen LogP contribution in [0.5, 0.6) is 23.0 Å². The number of benzene rings is 13. The van der Waals surface area contributed by atoms with Gasteiger partial charge in [0.15, 0.2) is 25.8 Å². The SMILES string of the molecule is CC1(C)c2ccccc2-c2cc3c4c(c21)N(c1ccccc1)c1c2c(cc5c1P4(=O)c1c(c4c6c(c1N5c1ccccc1)Oc1cc5c(c7c1P6(=O)c1c(cc6c(c1N7c1ccccc1)C(C)(C)c1ccccc1-6)N4c1ccccc1)C(C)(C)c1ccccc1-5)O3)-c1ccccc1C2(C)C. The first-order valence-electron chi connectivity index (χ1n) is 35.0. The highest BCUT2D eigenvalue weighted by atomic mass is 31.2. The van der Waals surface area contributed by atoms with Crippen LogP contribution in [0.15, 0.2) is 243 Å². The molecule has 2 unspecified atom stereocenters. The van der Waals surface area contributed by atoms with Crippen LogP contribution in [0.25, 0.3) is 44.5 Å². The van der Waals surface area contributed by atoms with Gasteiger partial charge in [-0.15, -0.1) is 0 Å². The summed E-state index contributed by atoms with van der Waals surface area (Å²) >= 11 is 0. The fourth-order valence-corrected chi connectivity index (χ4v) is 27.8. The molecular weight excluding hydrogens is 1260 g/mol. The Bertz CT molecular complexity index is 5820. The highest BCUT2D eigenvalue weighted by Crippen LogP contribution is 2.78. The molecule has 0 bridgehead atoms. The summed E-state index contributed by atoms with van der Waals surface area (Å²) in [5, 5.41) is 3.86. The van der Waals surface area contributed by atoms with Gasteiger partial charge in [-0.25, -0.2) is 0 Å². The number of hydrogen-bond donors (Lipinski definition) is 0. The summed E-state index contributed by atoms with van der Waals surface area (Å²) in [7, 11) is -8.74. The molecule has 6 heterocycles. The van der Waals surface area contributed by atoms with Gasteiger partial charge in [-0.2, -0.15) is 0 Å². The van der Waals surface area contributed by atoms with Crippen molar-refractivity contribution in [2.24, 2.45) is 0 Å². The highest BCUT2D eigenvalue weighted by Gasteiger charge is 2.66. The predicted octanol–water partition coefficient (Wildman–Crippen LogP) is 21.5. The van der Waals surface area contributed by atoms with Crippen molar-refractivity contribution in [1.82, 2.24) is 0 Å². The van der Waals surface area contributed by atoms with E-state index in [4.69, 9.17) is 9.47 Å². The third-order valence-corrected chi connectivity index (χ3v) is 30.9. The van der Waals surface area contributed by atoms with Gasteiger partial charge >= 0.3 is 0 Å². The molecule has 10 aliphatic rings. The van der Waals surface area contributed by atoms with Crippen LogP contribution in [0.4, 0.5) is 68.2 Å². The van der Waals surface area contributed by atoms with Crippen molar-refractivity contribution in [2.45, 2.75) is 77.0 Å². The first-order chi connectivity index (χ1) is 48.5. The monoisotopic (exact) mass is 1330 g/mol. The Morgan fingerprint density at radius 3 is 0.810 bits per heavy atom. The van der Waals surface area contributed by atoms with Crippen molar-refractivity contribution < 1.29 is 18.6 Å². The Morgan fingerprint density at radius 1 is 0.260 bits per heavy atom. The maximum atomic E-state index is 20.1. The van der Waals surface area contributed by atoms with Crippen LogP contribution < -0.4 is 60.9 Å². The number of fused-ring (bicyclic) bond motifs is 18. The zero-order valence-corrected chi connectivity index (χ0v) is 58.2. The number of anilines is 12. The minimum atomic E-state index is -4.37. The van der Waals surface area contributed by atoms with Crippen LogP contribution in [0.3, 0.4) is 0 Å². The number of hydrogen-bond acceptors (Lipinski definition) is 8. The van der Waals surface area contributed by atoms with Crippen LogP contribution in [0.1, 0.15) is 99.9 Å². The molecule has 0 saturated carbocycles. The van der Waals surface area contributed by atoms with Crippen LogP contribution >= 0.6 is 14.3 Å². The minimum absolute atomic E-state index is 0.412. The molecule has 478 valence electrons. The van der Waals surface area contributed by atoms with E-state index in [1.165, 1.54) is 22.3 Å². The lowest BCUT2D eigenvalue weighted by Crippen LogP contribution is -2.51. The molecule has 6 aliphatic heterocycles. The number of para-hydroxylation sites is 4. The van der Waals surface area contributed by atoms with E-state index in [9.17, 15) is 0 Å². The van der Waals surface area contributed by atoms with Crippen LogP contribution in [-0.4, -0.2) is 0 Å². The van der Waals surface area contributed by atoms with Gasteiger partial charge in [0.05, 0.1) is 66.0 Å². The van der Waals surface area contributed by atoms with Gasteiger partial charge in [-0.1, -0.05) is 225 Å². The maximum Gasteiger partial charge on any atom is 0.186 e. The molecule has 0 saturated heterocycles. The van der Waals surface area contributed by atoms with Crippen LogP contribution in [-0.2, 0) is 30.8 Å². The van der Waals surface area contributed by atoms with Crippen molar-refractivity contribution in [3.8, 4) is 67.5 Å². The van der Waals surface area contributed by atoms with E-state index in [0.29, 0.717) is 55.6 Å². The quantitative estimate of drug-likeness (QED) is 0.162. The number of rotatable bonds is 4. The molecule has 13 aromatic rings. The van der Waals surface area contributed by atoms with E-state index in [2.05, 4.69) is 318 Å². The standard InChI is InChI=1S/C90H64N4O4P2/c1-87(2)61-41-25-21-37-53(61)57-45-65-81-73(69(57)87)93(51-33-17-11-18-34-51)75-71-59(55-39-23-27-43-63(55)89(71,5)6)47-67-83(75)99(81,95)85-77(91(65)49-29-13-9-14-30-49)80-86-78(79(85)97-67)92(50-31-15-10-16-32-50)66-46-58-54-38-22-26-42-62(54)88(3,4)70(58)74-82(66)100(86,96)84-68(98-80)48-60-56-40-24-28-44-64(56)90(7,8)72(60)76(84)94(74)52-35-19-12-20-36-52/h9-48H,1-8H3. The Balaban J connectivity index is 0.970. The molecule has 100 heavy (non-hydrogen) atoms.